The average Bonchev–Trinajstić information content (AvgIpc) is 3.13. The van der Waals surface area contributed by atoms with Gasteiger partial charge in [0.1, 0.15) is 5.82 Å². The molecule has 0 bridgehead atoms. The Morgan fingerprint density at radius 3 is 2.89 bits per heavy atom. The Bertz CT molecular complexity index is 751. The standard InChI is InChI=1S/C22H30N4O/c1-16(18-5-4-11-23-14-18)13-22(27)24-19-9-7-17(8-10-19)20-15-26-12-3-2-6-21(26)25-20/h7-10,15-16,18,23H,2-6,11-14H2,1H3,(H,24,27). The van der Waals surface area contributed by atoms with Gasteiger partial charge in [-0.25, -0.2) is 4.98 Å². The fourth-order valence-electron chi connectivity index (χ4n) is 4.31. The van der Waals surface area contributed by atoms with Gasteiger partial charge in [0.2, 0.25) is 5.91 Å². The number of carbonyl (C=O) groups is 1. The Hall–Kier alpha value is -2.14. The normalized spacial score (nSPS) is 20.7. The van der Waals surface area contributed by atoms with Crippen LogP contribution >= 0.6 is 0 Å². The summed E-state index contributed by atoms with van der Waals surface area (Å²) in [5, 5.41) is 6.49. The lowest BCUT2D eigenvalue weighted by molar-refractivity contribution is -0.117. The molecule has 27 heavy (non-hydrogen) atoms. The van der Waals surface area contributed by atoms with Gasteiger partial charge < -0.3 is 15.2 Å². The van der Waals surface area contributed by atoms with E-state index < -0.39 is 0 Å². The van der Waals surface area contributed by atoms with Crippen molar-refractivity contribution in [1.29, 1.82) is 0 Å². The van der Waals surface area contributed by atoms with Crippen LogP contribution in [-0.2, 0) is 17.8 Å². The molecule has 1 aromatic heterocycles. The van der Waals surface area contributed by atoms with Crippen molar-refractivity contribution in [3.05, 3.63) is 36.3 Å². The summed E-state index contributed by atoms with van der Waals surface area (Å²) in [6.45, 7) is 5.42. The second-order valence-corrected chi connectivity index (χ2v) is 8.11. The molecule has 0 spiro atoms. The predicted octanol–water partition coefficient (Wildman–Crippen LogP) is 3.85. The molecular weight excluding hydrogens is 336 g/mol. The maximum atomic E-state index is 12.4. The van der Waals surface area contributed by atoms with E-state index in [1.807, 2.05) is 12.1 Å². The number of nitrogens with zero attached hydrogens (tertiary/aromatic N) is 2. The topological polar surface area (TPSA) is 59.0 Å². The molecule has 1 aromatic carbocycles. The fourth-order valence-corrected chi connectivity index (χ4v) is 4.31. The van der Waals surface area contributed by atoms with Crippen LogP contribution in [0.15, 0.2) is 30.5 Å². The van der Waals surface area contributed by atoms with Crippen LogP contribution in [0.3, 0.4) is 0 Å². The van der Waals surface area contributed by atoms with Crippen LogP contribution in [0, 0.1) is 11.8 Å². The van der Waals surface area contributed by atoms with E-state index in [-0.39, 0.29) is 5.91 Å². The van der Waals surface area contributed by atoms with Gasteiger partial charge >= 0.3 is 0 Å². The maximum absolute atomic E-state index is 12.4. The first kappa shape index (κ1) is 18.2. The molecule has 1 amide bonds. The number of carbonyl (C=O) groups excluding carboxylic acids is 1. The molecule has 2 aromatic rings. The highest BCUT2D eigenvalue weighted by Gasteiger charge is 2.22. The zero-order valence-corrected chi connectivity index (χ0v) is 16.2. The molecule has 2 N–H and O–H groups in total. The smallest absolute Gasteiger partial charge is 0.224 e. The van der Waals surface area contributed by atoms with Crippen molar-refractivity contribution in [2.75, 3.05) is 18.4 Å². The number of piperidine rings is 1. The number of aryl methyl sites for hydroxylation is 2. The first-order chi connectivity index (χ1) is 13.2. The van der Waals surface area contributed by atoms with Crippen molar-refractivity contribution in [2.24, 2.45) is 11.8 Å². The number of rotatable bonds is 5. The molecule has 1 saturated heterocycles. The second-order valence-electron chi connectivity index (χ2n) is 8.11. The van der Waals surface area contributed by atoms with Gasteiger partial charge in [-0.3, -0.25) is 4.79 Å². The van der Waals surface area contributed by atoms with Gasteiger partial charge in [0.15, 0.2) is 0 Å². The Morgan fingerprint density at radius 2 is 2.15 bits per heavy atom. The lowest BCUT2D eigenvalue weighted by Crippen LogP contribution is -2.34. The van der Waals surface area contributed by atoms with Crippen LogP contribution in [0.5, 0.6) is 0 Å². The summed E-state index contributed by atoms with van der Waals surface area (Å²) in [6.07, 6.45) is 8.73. The number of anilines is 1. The third-order valence-electron chi connectivity index (χ3n) is 6.02. The van der Waals surface area contributed by atoms with E-state index >= 15 is 0 Å². The molecule has 2 aliphatic rings. The van der Waals surface area contributed by atoms with Crippen LogP contribution in [0.4, 0.5) is 5.69 Å². The van der Waals surface area contributed by atoms with Crippen LogP contribution < -0.4 is 10.6 Å². The van der Waals surface area contributed by atoms with Gasteiger partial charge in [0.25, 0.3) is 0 Å². The third kappa shape index (κ3) is 4.41. The first-order valence-electron chi connectivity index (χ1n) is 10.4. The zero-order valence-electron chi connectivity index (χ0n) is 16.2. The van der Waals surface area contributed by atoms with Crippen molar-refractivity contribution in [1.82, 2.24) is 14.9 Å². The Balaban J connectivity index is 1.34. The van der Waals surface area contributed by atoms with Crippen molar-refractivity contribution < 1.29 is 4.79 Å². The molecule has 144 valence electrons. The summed E-state index contributed by atoms with van der Waals surface area (Å²) in [4.78, 5) is 17.2. The number of aromatic nitrogens is 2. The number of imidazole rings is 1. The summed E-state index contributed by atoms with van der Waals surface area (Å²) in [7, 11) is 0. The van der Waals surface area contributed by atoms with Crippen LogP contribution in [-0.4, -0.2) is 28.5 Å². The highest BCUT2D eigenvalue weighted by molar-refractivity contribution is 5.91. The minimum absolute atomic E-state index is 0.110. The largest absolute Gasteiger partial charge is 0.334 e. The minimum Gasteiger partial charge on any atom is -0.334 e. The monoisotopic (exact) mass is 366 g/mol. The van der Waals surface area contributed by atoms with Crippen molar-refractivity contribution in [3.8, 4) is 11.3 Å². The molecule has 0 radical (unpaired) electrons. The van der Waals surface area contributed by atoms with E-state index in [9.17, 15) is 4.79 Å². The lowest BCUT2D eigenvalue weighted by Gasteiger charge is -2.28. The lowest BCUT2D eigenvalue weighted by atomic mass is 9.85. The number of hydrogen-bond acceptors (Lipinski definition) is 3. The molecular formula is C22H30N4O. The van der Waals surface area contributed by atoms with Crippen LogP contribution in [0.2, 0.25) is 0 Å². The Morgan fingerprint density at radius 1 is 1.30 bits per heavy atom. The van der Waals surface area contributed by atoms with Crippen molar-refractivity contribution >= 4 is 11.6 Å². The Kier molecular flexibility index (Phi) is 5.58. The molecule has 0 saturated carbocycles. The molecule has 5 heteroatoms. The van der Waals surface area contributed by atoms with Crippen LogP contribution in [0.25, 0.3) is 11.3 Å². The summed E-state index contributed by atoms with van der Waals surface area (Å²) in [5.41, 5.74) is 3.00. The zero-order chi connectivity index (χ0) is 18.6. The summed E-state index contributed by atoms with van der Waals surface area (Å²) in [5.74, 6) is 2.32. The molecule has 2 atom stereocenters. The SMILES string of the molecule is CC(CC(=O)Nc1ccc(-c2cn3c(n2)CCCC3)cc1)C1CCCNC1. The number of amides is 1. The quantitative estimate of drug-likeness (QED) is 0.845. The Labute approximate surface area is 161 Å². The summed E-state index contributed by atoms with van der Waals surface area (Å²) in [6, 6.07) is 8.08. The van der Waals surface area contributed by atoms with E-state index in [4.69, 9.17) is 4.98 Å². The van der Waals surface area contributed by atoms with Crippen molar-refractivity contribution in [3.63, 3.8) is 0 Å². The third-order valence-corrected chi connectivity index (χ3v) is 6.02. The molecule has 4 rings (SSSR count). The highest BCUT2D eigenvalue weighted by atomic mass is 16.1. The van der Waals surface area contributed by atoms with Crippen LogP contribution in [0.1, 0.15) is 44.9 Å². The van der Waals surface area contributed by atoms with E-state index in [1.54, 1.807) is 0 Å². The highest BCUT2D eigenvalue weighted by Crippen LogP contribution is 2.25. The molecule has 0 aliphatic carbocycles. The number of fused-ring (bicyclic) bond motifs is 1. The molecule has 1 fully saturated rings. The van der Waals surface area contributed by atoms with E-state index in [0.29, 0.717) is 18.3 Å². The number of nitrogens with one attached hydrogen (secondary N) is 2. The summed E-state index contributed by atoms with van der Waals surface area (Å²) >= 11 is 0. The van der Waals surface area contributed by atoms with Gasteiger partial charge in [-0.15, -0.1) is 0 Å². The number of benzene rings is 1. The molecule has 2 unspecified atom stereocenters. The molecule has 3 heterocycles. The van der Waals surface area contributed by atoms with Gasteiger partial charge in [-0.2, -0.15) is 0 Å². The minimum atomic E-state index is 0.110. The summed E-state index contributed by atoms with van der Waals surface area (Å²) < 4.78 is 2.27. The second kappa shape index (κ2) is 8.26. The van der Waals surface area contributed by atoms with Gasteiger partial charge in [-0.05, 0) is 62.7 Å². The van der Waals surface area contributed by atoms with E-state index in [0.717, 1.165) is 43.0 Å². The fraction of sp³-hybridized carbons (Fsp3) is 0.545. The van der Waals surface area contributed by atoms with E-state index in [2.05, 4.69) is 40.5 Å². The predicted molar refractivity (Wildman–Crippen MR) is 109 cm³/mol. The molecule has 5 nitrogen and oxygen atoms in total. The van der Waals surface area contributed by atoms with Crippen molar-refractivity contribution in [2.45, 2.75) is 52.0 Å². The average molecular weight is 367 g/mol. The van der Waals surface area contributed by atoms with Gasteiger partial charge in [0.05, 0.1) is 5.69 Å². The molecule has 2 aliphatic heterocycles. The van der Waals surface area contributed by atoms with Gasteiger partial charge in [-0.1, -0.05) is 19.1 Å². The number of hydrogen-bond donors (Lipinski definition) is 2. The first-order valence-corrected chi connectivity index (χ1v) is 10.4. The van der Waals surface area contributed by atoms with E-state index in [1.165, 1.54) is 31.5 Å². The maximum Gasteiger partial charge on any atom is 0.224 e. The van der Waals surface area contributed by atoms with Gasteiger partial charge in [0, 0.05) is 36.8 Å².